The molecule has 0 fully saturated rings. The third kappa shape index (κ3) is 2.16. The van der Waals surface area contributed by atoms with E-state index >= 15 is 0 Å². The van der Waals surface area contributed by atoms with E-state index in [2.05, 4.69) is 46.8 Å². The van der Waals surface area contributed by atoms with E-state index in [0.717, 1.165) is 16.0 Å². The van der Waals surface area contributed by atoms with Crippen LogP contribution in [-0.4, -0.2) is 14.8 Å². The molecule has 0 aliphatic rings. The lowest BCUT2D eigenvalue weighted by molar-refractivity contribution is 0.541. The van der Waals surface area contributed by atoms with Gasteiger partial charge in [-0.05, 0) is 34.1 Å². The quantitative estimate of drug-likeness (QED) is 0.802. The van der Waals surface area contributed by atoms with Crippen LogP contribution in [0.5, 0.6) is 0 Å². The maximum absolute atomic E-state index is 4.35. The number of hydrogen-bond donors (Lipinski definition) is 0. The molecule has 0 amide bonds. The van der Waals surface area contributed by atoms with E-state index in [4.69, 9.17) is 0 Å². The molecule has 2 aromatic heterocycles. The van der Waals surface area contributed by atoms with Crippen molar-refractivity contribution in [2.75, 3.05) is 0 Å². The van der Waals surface area contributed by atoms with E-state index in [0.29, 0.717) is 0 Å². The number of pyridine rings is 1. The van der Waals surface area contributed by atoms with Gasteiger partial charge in [0.05, 0.1) is 5.69 Å². The largest absolute Gasteiger partial charge is 0.236 e. The van der Waals surface area contributed by atoms with Crippen molar-refractivity contribution in [3.63, 3.8) is 0 Å². The molecular weight excluding hydrogens is 266 g/mol. The first-order chi connectivity index (χ1) is 7.48. The lowest BCUT2D eigenvalue weighted by Crippen LogP contribution is -2.17. The summed E-state index contributed by atoms with van der Waals surface area (Å²) < 4.78 is 2.85. The lowest BCUT2D eigenvalue weighted by Gasteiger charge is -2.19. The van der Waals surface area contributed by atoms with Crippen LogP contribution in [0.4, 0.5) is 0 Å². The molecule has 0 bridgehead atoms. The van der Waals surface area contributed by atoms with Crippen LogP contribution in [0.25, 0.3) is 5.82 Å². The van der Waals surface area contributed by atoms with Crippen molar-refractivity contribution >= 4 is 15.9 Å². The summed E-state index contributed by atoms with van der Waals surface area (Å²) in [4.78, 5) is 4.35. The zero-order valence-corrected chi connectivity index (χ0v) is 11.2. The highest BCUT2D eigenvalue weighted by molar-refractivity contribution is 9.10. The molecule has 0 spiro atoms. The normalized spacial score (nSPS) is 11.8. The standard InChI is InChI=1S/C12H14BrN3/c1-12(2,3)10-6-7-15-16(10)11-5-4-9(13)8-14-11/h4-8H,1-3H3. The van der Waals surface area contributed by atoms with Crippen molar-refractivity contribution in [2.45, 2.75) is 26.2 Å². The number of nitrogens with zero attached hydrogens (tertiary/aromatic N) is 3. The molecule has 0 aromatic carbocycles. The van der Waals surface area contributed by atoms with Crippen LogP contribution < -0.4 is 0 Å². The van der Waals surface area contributed by atoms with Gasteiger partial charge in [-0.25, -0.2) is 9.67 Å². The SMILES string of the molecule is CC(C)(C)c1ccnn1-c1ccc(Br)cn1. The molecule has 4 heteroatoms. The van der Waals surface area contributed by atoms with Gasteiger partial charge in [-0.15, -0.1) is 0 Å². The van der Waals surface area contributed by atoms with E-state index < -0.39 is 0 Å². The monoisotopic (exact) mass is 279 g/mol. The van der Waals surface area contributed by atoms with Crippen LogP contribution in [0, 0.1) is 0 Å². The molecule has 0 aliphatic heterocycles. The molecule has 2 aromatic rings. The van der Waals surface area contributed by atoms with Crippen LogP contribution in [0.3, 0.4) is 0 Å². The van der Waals surface area contributed by atoms with Crippen molar-refractivity contribution in [3.8, 4) is 5.82 Å². The Hall–Kier alpha value is -1.16. The summed E-state index contributed by atoms with van der Waals surface area (Å²) in [5.41, 5.74) is 1.22. The summed E-state index contributed by atoms with van der Waals surface area (Å²) in [5, 5.41) is 4.32. The summed E-state index contributed by atoms with van der Waals surface area (Å²) in [7, 11) is 0. The topological polar surface area (TPSA) is 30.7 Å². The summed E-state index contributed by atoms with van der Waals surface area (Å²) in [5.74, 6) is 0.845. The number of hydrogen-bond acceptors (Lipinski definition) is 2. The second kappa shape index (κ2) is 4.01. The van der Waals surface area contributed by atoms with Gasteiger partial charge in [0.15, 0.2) is 5.82 Å². The van der Waals surface area contributed by atoms with E-state index in [1.807, 2.05) is 29.1 Å². The van der Waals surface area contributed by atoms with Gasteiger partial charge in [0.25, 0.3) is 0 Å². The molecule has 16 heavy (non-hydrogen) atoms. The fourth-order valence-electron chi connectivity index (χ4n) is 1.55. The minimum Gasteiger partial charge on any atom is -0.236 e. The average Bonchev–Trinajstić information content (AvgIpc) is 2.66. The zero-order valence-electron chi connectivity index (χ0n) is 9.61. The minimum atomic E-state index is 0.0608. The van der Waals surface area contributed by atoms with Gasteiger partial charge in [0.2, 0.25) is 0 Å². The highest BCUT2D eigenvalue weighted by atomic mass is 79.9. The van der Waals surface area contributed by atoms with E-state index in [1.54, 1.807) is 6.20 Å². The van der Waals surface area contributed by atoms with E-state index in [-0.39, 0.29) is 5.41 Å². The van der Waals surface area contributed by atoms with E-state index in [1.165, 1.54) is 0 Å². The third-order valence-electron chi connectivity index (χ3n) is 2.34. The Morgan fingerprint density at radius 1 is 1.19 bits per heavy atom. The Kier molecular flexibility index (Phi) is 2.84. The molecule has 3 nitrogen and oxygen atoms in total. The number of halogens is 1. The predicted molar refractivity (Wildman–Crippen MR) is 67.8 cm³/mol. The fraction of sp³-hybridized carbons (Fsp3) is 0.333. The van der Waals surface area contributed by atoms with Crippen molar-refractivity contribution in [1.29, 1.82) is 0 Å². The van der Waals surface area contributed by atoms with Crippen molar-refractivity contribution in [1.82, 2.24) is 14.8 Å². The van der Waals surface area contributed by atoms with Gasteiger partial charge in [-0.3, -0.25) is 0 Å². The van der Waals surface area contributed by atoms with Gasteiger partial charge in [-0.1, -0.05) is 20.8 Å². The third-order valence-corrected chi connectivity index (χ3v) is 2.81. The number of rotatable bonds is 1. The molecule has 2 heterocycles. The molecule has 84 valence electrons. The van der Waals surface area contributed by atoms with Crippen molar-refractivity contribution in [3.05, 3.63) is 40.8 Å². The van der Waals surface area contributed by atoms with Crippen LogP contribution >= 0.6 is 15.9 Å². The molecule has 0 unspecified atom stereocenters. The molecule has 0 aliphatic carbocycles. The smallest absolute Gasteiger partial charge is 0.153 e. The second-order valence-corrected chi connectivity index (χ2v) is 5.63. The summed E-state index contributed by atoms with van der Waals surface area (Å²) in [6, 6.07) is 5.95. The summed E-state index contributed by atoms with van der Waals surface area (Å²) >= 11 is 3.37. The van der Waals surface area contributed by atoms with Gasteiger partial charge in [-0.2, -0.15) is 5.10 Å². The maximum Gasteiger partial charge on any atom is 0.153 e. The van der Waals surface area contributed by atoms with Crippen LogP contribution in [0.15, 0.2) is 35.1 Å². The average molecular weight is 280 g/mol. The first-order valence-corrected chi connectivity index (χ1v) is 5.94. The molecular formula is C12H14BrN3. The first kappa shape index (κ1) is 11.3. The first-order valence-electron chi connectivity index (χ1n) is 5.15. The second-order valence-electron chi connectivity index (χ2n) is 4.71. The van der Waals surface area contributed by atoms with Gasteiger partial charge < -0.3 is 0 Å². The molecule has 0 atom stereocenters. The zero-order chi connectivity index (χ0) is 11.8. The molecule has 0 saturated carbocycles. The predicted octanol–water partition coefficient (Wildman–Crippen LogP) is 3.33. The summed E-state index contributed by atoms with van der Waals surface area (Å²) in [6.07, 6.45) is 3.59. The van der Waals surface area contributed by atoms with Crippen LogP contribution in [-0.2, 0) is 5.41 Å². The molecule has 2 rings (SSSR count). The Bertz CT molecular complexity index is 480. The Morgan fingerprint density at radius 2 is 1.94 bits per heavy atom. The molecule has 0 radical (unpaired) electrons. The molecule has 0 saturated heterocycles. The van der Waals surface area contributed by atoms with Crippen LogP contribution in [0.1, 0.15) is 26.5 Å². The van der Waals surface area contributed by atoms with Crippen molar-refractivity contribution < 1.29 is 0 Å². The fourth-order valence-corrected chi connectivity index (χ4v) is 1.78. The van der Waals surface area contributed by atoms with E-state index in [9.17, 15) is 0 Å². The van der Waals surface area contributed by atoms with Gasteiger partial charge in [0.1, 0.15) is 0 Å². The Balaban J connectivity index is 2.49. The van der Waals surface area contributed by atoms with Gasteiger partial charge in [0, 0.05) is 22.3 Å². The lowest BCUT2D eigenvalue weighted by atomic mass is 9.92. The summed E-state index contributed by atoms with van der Waals surface area (Å²) in [6.45, 7) is 6.50. The van der Waals surface area contributed by atoms with Crippen LogP contribution in [0.2, 0.25) is 0 Å². The molecule has 0 N–H and O–H groups in total. The Labute approximate surface area is 104 Å². The number of aromatic nitrogens is 3. The Morgan fingerprint density at radius 3 is 2.50 bits per heavy atom. The van der Waals surface area contributed by atoms with Crippen molar-refractivity contribution in [2.24, 2.45) is 0 Å². The minimum absolute atomic E-state index is 0.0608. The van der Waals surface area contributed by atoms with Gasteiger partial charge >= 0.3 is 0 Å². The highest BCUT2D eigenvalue weighted by Gasteiger charge is 2.19. The maximum atomic E-state index is 4.35. The highest BCUT2D eigenvalue weighted by Crippen LogP contribution is 2.23.